The summed E-state index contributed by atoms with van der Waals surface area (Å²) >= 11 is 5.92. The van der Waals surface area contributed by atoms with E-state index in [-0.39, 0.29) is 12.5 Å². The SMILES string of the molecule is COc1cc(C=NNC(=O)COc2ccccc2-c2ccccc2)ccc1OCc1ccc(Cl)cc1. The first-order valence-corrected chi connectivity index (χ1v) is 11.6. The second kappa shape index (κ2) is 12.4. The lowest BCUT2D eigenvalue weighted by molar-refractivity contribution is -0.123. The van der Waals surface area contributed by atoms with Crippen LogP contribution >= 0.6 is 11.6 Å². The lowest BCUT2D eigenvalue weighted by Crippen LogP contribution is -2.24. The molecule has 7 heteroatoms. The number of rotatable bonds is 10. The number of nitrogens with zero attached hydrogens (tertiary/aromatic N) is 1. The summed E-state index contributed by atoms with van der Waals surface area (Å²) in [5.74, 6) is 1.41. The van der Waals surface area contributed by atoms with Crippen LogP contribution in [0.2, 0.25) is 5.02 Å². The Morgan fingerprint density at radius 3 is 2.39 bits per heavy atom. The molecule has 0 aliphatic heterocycles. The van der Waals surface area contributed by atoms with Gasteiger partial charge in [0.25, 0.3) is 5.91 Å². The Labute approximate surface area is 215 Å². The van der Waals surface area contributed by atoms with Crippen LogP contribution < -0.4 is 19.6 Å². The van der Waals surface area contributed by atoms with Crippen LogP contribution in [0.25, 0.3) is 11.1 Å². The molecular formula is C29H25ClN2O4. The summed E-state index contributed by atoms with van der Waals surface area (Å²) in [7, 11) is 1.57. The van der Waals surface area contributed by atoms with Gasteiger partial charge in [-0.05, 0) is 53.1 Å². The first kappa shape index (κ1) is 24.8. The van der Waals surface area contributed by atoms with Crippen LogP contribution in [-0.4, -0.2) is 25.8 Å². The third kappa shape index (κ3) is 6.87. The van der Waals surface area contributed by atoms with Gasteiger partial charge in [0.1, 0.15) is 12.4 Å². The largest absolute Gasteiger partial charge is 0.493 e. The van der Waals surface area contributed by atoms with Crippen LogP contribution in [0.4, 0.5) is 0 Å². The molecule has 0 bridgehead atoms. The summed E-state index contributed by atoms with van der Waals surface area (Å²) in [4.78, 5) is 12.3. The summed E-state index contributed by atoms with van der Waals surface area (Å²) in [6.45, 7) is 0.215. The van der Waals surface area contributed by atoms with E-state index in [1.54, 1.807) is 19.2 Å². The molecule has 182 valence electrons. The summed E-state index contributed by atoms with van der Waals surface area (Å²) in [6.07, 6.45) is 1.53. The molecule has 1 amide bonds. The first-order chi connectivity index (χ1) is 17.6. The molecule has 36 heavy (non-hydrogen) atoms. The Balaban J connectivity index is 1.31. The van der Waals surface area contributed by atoms with Crippen LogP contribution in [0.15, 0.2) is 102 Å². The topological polar surface area (TPSA) is 69.2 Å². The van der Waals surface area contributed by atoms with Gasteiger partial charge in [0.05, 0.1) is 13.3 Å². The van der Waals surface area contributed by atoms with Crippen molar-refractivity contribution in [2.24, 2.45) is 5.10 Å². The molecule has 0 atom stereocenters. The Morgan fingerprint density at radius 1 is 0.861 bits per heavy atom. The van der Waals surface area contributed by atoms with E-state index >= 15 is 0 Å². The van der Waals surface area contributed by atoms with Gasteiger partial charge < -0.3 is 14.2 Å². The molecule has 0 spiro atoms. The summed E-state index contributed by atoms with van der Waals surface area (Å²) < 4.78 is 17.1. The highest BCUT2D eigenvalue weighted by Gasteiger charge is 2.09. The van der Waals surface area contributed by atoms with Crippen molar-refractivity contribution < 1.29 is 19.0 Å². The molecule has 0 unspecified atom stereocenters. The van der Waals surface area contributed by atoms with Gasteiger partial charge in [-0.15, -0.1) is 0 Å². The fraction of sp³-hybridized carbons (Fsp3) is 0.103. The number of carbonyl (C=O) groups excluding carboxylic acids is 1. The molecule has 0 aliphatic carbocycles. The zero-order chi connectivity index (χ0) is 25.2. The van der Waals surface area contributed by atoms with Crippen LogP contribution in [0.5, 0.6) is 17.2 Å². The van der Waals surface area contributed by atoms with Crippen molar-refractivity contribution in [3.8, 4) is 28.4 Å². The third-order valence-corrected chi connectivity index (χ3v) is 5.48. The molecule has 4 rings (SSSR count). The molecule has 0 saturated heterocycles. The second-order valence-electron chi connectivity index (χ2n) is 7.77. The molecule has 0 saturated carbocycles. The molecule has 6 nitrogen and oxygen atoms in total. The quantitative estimate of drug-likeness (QED) is 0.210. The van der Waals surface area contributed by atoms with Gasteiger partial charge in [-0.3, -0.25) is 4.79 Å². The molecule has 4 aromatic carbocycles. The molecule has 1 N–H and O–H groups in total. The Hall–Kier alpha value is -4.29. The summed E-state index contributed by atoms with van der Waals surface area (Å²) in [6, 6.07) is 30.3. The zero-order valence-electron chi connectivity index (χ0n) is 19.7. The number of ether oxygens (including phenoxy) is 3. The normalized spacial score (nSPS) is 10.7. The predicted octanol–water partition coefficient (Wildman–Crippen LogP) is 6.12. The lowest BCUT2D eigenvalue weighted by Gasteiger charge is -2.11. The van der Waals surface area contributed by atoms with Crippen molar-refractivity contribution in [1.29, 1.82) is 0 Å². The standard InChI is InChI=1S/C29H25ClN2O4/c1-34-28-17-22(13-16-27(28)35-19-21-11-14-24(30)15-12-21)18-31-32-29(33)20-36-26-10-6-5-9-25(26)23-7-3-2-4-8-23/h2-18H,19-20H2,1H3,(H,32,33). The Morgan fingerprint density at radius 2 is 1.61 bits per heavy atom. The summed E-state index contributed by atoms with van der Waals surface area (Å²) in [5.41, 5.74) is 6.14. The average molecular weight is 501 g/mol. The Kier molecular flexibility index (Phi) is 8.57. The number of hydrogen-bond acceptors (Lipinski definition) is 5. The number of carbonyl (C=O) groups is 1. The van der Waals surface area contributed by atoms with E-state index in [1.165, 1.54) is 6.21 Å². The molecule has 4 aromatic rings. The molecular weight excluding hydrogens is 476 g/mol. The van der Waals surface area contributed by atoms with Crippen LogP contribution in [0.1, 0.15) is 11.1 Å². The van der Waals surface area contributed by atoms with E-state index in [0.717, 1.165) is 22.3 Å². The van der Waals surface area contributed by atoms with E-state index < -0.39 is 0 Å². The van der Waals surface area contributed by atoms with Gasteiger partial charge in [0, 0.05) is 10.6 Å². The van der Waals surface area contributed by atoms with E-state index in [1.807, 2.05) is 84.9 Å². The fourth-order valence-corrected chi connectivity index (χ4v) is 3.55. The maximum atomic E-state index is 12.3. The van der Waals surface area contributed by atoms with Crippen molar-refractivity contribution >= 4 is 23.7 Å². The Bertz CT molecular complexity index is 1320. The van der Waals surface area contributed by atoms with E-state index in [0.29, 0.717) is 28.9 Å². The van der Waals surface area contributed by atoms with Gasteiger partial charge in [-0.1, -0.05) is 72.3 Å². The number of benzene rings is 4. The number of hydrogen-bond donors (Lipinski definition) is 1. The van der Waals surface area contributed by atoms with Crippen molar-refractivity contribution in [1.82, 2.24) is 5.43 Å². The lowest BCUT2D eigenvalue weighted by atomic mass is 10.1. The number of amides is 1. The average Bonchev–Trinajstić information content (AvgIpc) is 2.92. The summed E-state index contributed by atoms with van der Waals surface area (Å²) in [5, 5.41) is 4.70. The number of para-hydroxylation sites is 1. The highest BCUT2D eigenvalue weighted by molar-refractivity contribution is 6.30. The minimum absolute atomic E-state index is 0.165. The van der Waals surface area contributed by atoms with E-state index in [2.05, 4.69) is 10.5 Å². The van der Waals surface area contributed by atoms with Gasteiger partial charge in [0.2, 0.25) is 0 Å². The van der Waals surface area contributed by atoms with Crippen LogP contribution in [0.3, 0.4) is 0 Å². The fourth-order valence-electron chi connectivity index (χ4n) is 3.43. The number of hydrazone groups is 1. The minimum atomic E-state index is -0.371. The van der Waals surface area contributed by atoms with Gasteiger partial charge in [-0.25, -0.2) is 5.43 Å². The molecule has 0 aliphatic rings. The van der Waals surface area contributed by atoms with Crippen molar-refractivity contribution in [2.45, 2.75) is 6.61 Å². The zero-order valence-corrected chi connectivity index (χ0v) is 20.4. The van der Waals surface area contributed by atoms with E-state index in [9.17, 15) is 4.79 Å². The minimum Gasteiger partial charge on any atom is -0.493 e. The highest BCUT2D eigenvalue weighted by Crippen LogP contribution is 2.30. The second-order valence-corrected chi connectivity index (χ2v) is 8.21. The number of nitrogens with one attached hydrogen (secondary N) is 1. The number of methoxy groups -OCH3 is 1. The van der Waals surface area contributed by atoms with Crippen molar-refractivity contribution in [3.05, 3.63) is 113 Å². The third-order valence-electron chi connectivity index (χ3n) is 5.23. The smallest absolute Gasteiger partial charge is 0.277 e. The van der Waals surface area contributed by atoms with Crippen LogP contribution in [-0.2, 0) is 11.4 Å². The van der Waals surface area contributed by atoms with Crippen molar-refractivity contribution in [3.63, 3.8) is 0 Å². The first-order valence-electron chi connectivity index (χ1n) is 11.3. The maximum absolute atomic E-state index is 12.3. The van der Waals surface area contributed by atoms with Crippen LogP contribution in [0, 0.1) is 0 Å². The molecule has 0 aromatic heterocycles. The molecule has 0 radical (unpaired) electrons. The van der Waals surface area contributed by atoms with Gasteiger partial charge >= 0.3 is 0 Å². The van der Waals surface area contributed by atoms with Crippen molar-refractivity contribution in [2.75, 3.05) is 13.7 Å². The monoisotopic (exact) mass is 500 g/mol. The molecule has 0 heterocycles. The number of halogens is 1. The van der Waals surface area contributed by atoms with Gasteiger partial charge in [-0.2, -0.15) is 5.10 Å². The maximum Gasteiger partial charge on any atom is 0.277 e. The van der Waals surface area contributed by atoms with Gasteiger partial charge in [0.15, 0.2) is 18.1 Å². The highest BCUT2D eigenvalue weighted by atomic mass is 35.5. The predicted molar refractivity (Wildman–Crippen MR) is 142 cm³/mol. The molecule has 0 fully saturated rings. The van der Waals surface area contributed by atoms with E-state index in [4.69, 9.17) is 25.8 Å².